The molecule has 0 atom stereocenters. The average Bonchev–Trinajstić information content (AvgIpc) is 2.36. The quantitative estimate of drug-likeness (QED) is 0.872. The molecular weight excluding hydrogens is 222 g/mol. The van der Waals surface area contributed by atoms with Gasteiger partial charge in [0.05, 0.1) is 5.52 Å². The second kappa shape index (κ2) is 5.94. The minimum Gasteiger partial charge on any atom is -0.318 e. The van der Waals surface area contributed by atoms with Gasteiger partial charge in [-0.2, -0.15) is 0 Å². The molecule has 1 aromatic heterocycles. The molecule has 0 fully saturated rings. The molecule has 0 spiro atoms. The molecule has 0 aliphatic carbocycles. The summed E-state index contributed by atoms with van der Waals surface area (Å²) in [6.07, 6.45) is 0. The number of rotatable bonds is 5. The highest BCUT2D eigenvalue weighted by atomic mass is 15.1. The molecule has 2 rings (SSSR count). The predicted molar refractivity (Wildman–Crippen MR) is 76.7 cm³/mol. The lowest BCUT2D eigenvalue weighted by Gasteiger charge is -2.18. The van der Waals surface area contributed by atoms with Crippen LogP contribution >= 0.6 is 0 Å². The summed E-state index contributed by atoms with van der Waals surface area (Å²) < 4.78 is 0. The zero-order valence-electron chi connectivity index (χ0n) is 11.4. The number of hydrogen-bond donors (Lipinski definition) is 1. The van der Waals surface area contributed by atoms with Gasteiger partial charge in [-0.05, 0) is 38.7 Å². The van der Waals surface area contributed by atoms with Gasteiger partial charge in [-0.3, -0.25) is 4.98 Å². The highest BCUT2D eigenvalue weighted by Gasteiger charge is 2.06. The lowest BCUT2D eigenvalue weighted by Crippen LogP contribution is -2.27. The maximum atomic E-state index is 4.57. The smallest absolute Gasteiger partial charge is 0.0708 e. The number of benzene rings is 1. The third kappa shape index (κ3) is 3.06. The molecule has 1 aromatic carbocycles. The summed E-state index contributed by atoms with van der Waals surface area (Å²) in [4.78, 5) is 6.91. The second-order valence-corrected chi connectivity index (χ2v) is 4.78. The molecule has 0 aliphatic rings. The molecule has 96 valence electrons. The lowest BCUT2D eigenvalue weighted by atomic mass is 10.1. The lowest BCUT2D eigenvalue weighted by molar-refractivity contribution is 0.329. The molecule has 0 saturated heterocycles. The van der Waals surface area contributed by atoms with Gasteiger partial charge in [-0.1, -0.05) is 18.2 Å². The molecule has 2 aromatic rings. The van der Waals surface area contributed by atoms with E-state index in [9.17, 15) is 0 Å². The van der Waals surface area contributed by atoms with E-state index in [1.807, 2.05) is 13.1 Å². The summed E-state index contributed by atoms with van der Waals surface area (Å²) >= 11 is 0. The van der Waals surface area contributed by atoms with Crippen LogP contribution in [-0.4, -0.2) is 37.1 Å². The Hall–Kier alpha value is -1.45. The summed E-state index contributed by atoms with van der Waals surface area (Å²) in [6.45, 7) is 5.08. The summed E-state index contributed by atoms with van der Waals surface area (Å²) in [7, 11) is 4.14. The van der Waals surface area contributed by atoms with Crippen LogP contribution in [0.25, 0.3) is 10.9 Å². The van der Waals surface area contributed by atoms with Crippen LogP contribution in [0.3, 0.4) is 0 Å². The average molecular weight is 243 g/mol. The van der Waals surface area contributed by atoms with E-state index in [1.54, 1.807) is 0 Å². The van der Waals surface area contributed by atoms with Crippen molar-refractivity contribution in [2.45, 2.75) is 13.5 Å². The number of para-hydroxylation sites is 1. The maximum absolute atomic E-state index is 4.57. The van der Waals surface area contributed by atoms with Crippen molar-refractivity contribution in [1.82, 2.24) is 15.2 Å². The largest absolute Gasteiger partial charge is 0.318 e. The maximum Gasteiger partial charge on any atom is 0.0708 e. The van der Waals surface area contributed by atoms with Crippen molar-refractivity contribution in [1.29, 1.82) is 0 Å². The Morgan fingerprint density at radius 2 is 2.06 bits per heavy atom. The van der Waals surface area contributed by atoms with E-state index in [1.165, 1.54) is 10.9 Å². The van der Waals surface area contributed by atoms with Crippen LogP contribution in [0, 0.1) is 6.92 Å². The van der Waals surface area contributed by atoms with Crippen molar-refractivity contribution in [2.24, 2.45) is 0 Å². The summed E-state index contributed by atoms with van der Waals surface area (Å²) in [6, 6.07) is 10.6. The third-order valence-electron chi connectivity index (χ3n) is 3.11. The molecular formula is C15H21N3. The third-order valence-corrected chi connectivity index (χ3v) is 3.11. The van der Waals surface area contributed by atoms with E-state index >= 15 is 0 Å². The van der Waals surface area contributed by atoms with Gasteiger partial charge < -0.3 is 10.2 Å². The van der Waals surface area contributed by atoms with Crippen molar-refractivity contribution in [2.75, 3.05) is 27.2 Å². The number of hydrogen-bond acceptors (Lipinski definition) is 3. The van der Waals surface area contributed by atoms with Gasteiger partial charge in [-0.15, -0.1) is 0 Å². The van der Waals surface area contributed by atoms with Gasteiger partial charge in [0.2, 0.25) is 0 Å². The molecule has 1 heterocycles. The van der Waals surface area contributed by atoms with Gasteiger partial charge in [-0.25, -0.2) is 0 Å². The summed E-state index contributed by atoms with van der Waals surface area (Å²) in [5.74, 6) is 0. The normalized spacial score (nSPS) is 11.3. The van der Waals surface area contributed by atoms with E-state index in [-0.39, 0.29) is 0 Å². The number of aromatic nitrogens is 1. The Labute approximate surface area is 109 Å². The number of pyridine rings is 1. The number of nitrogens with zero attached hydrogens (tertiary/aromatic N) is 2. The predicted octanol–water partition coefficient (Wildman–Crippen LogP) is 2.19. The van der Waals surface area contributed by atoms with E-state index < -0.39 is 0 Å². The first-order valence-corrected chi connectivity index (χ1v) is 6.39. The molecule has 0 amide bonds. The summed E-state index contributed by atoms with van der Waals surface area (Å²) in [5, 5.41) is 4.44. The number of likely N-dealkylation sites (N-methyl/N-ethyl adjacent to an activating group) is 2. The van der Waals surface area contributed by atoms with Crippen LogP contribution in [-0.2, 0) is 6.54 Å². The van der Waals surface area contributed by atoms with Crippen molar-refractivity contribution in [3.8, 4) is 0 Å². The molecule has 3 nitrogen and oxygen atoms in total. The monoisotopic (exact) mass is 243 g/mol. The fraction of sp³-hybridized carbons (Fsp3) is 0.400. The molecule has 0 unspecified atom stereocenters. The Kier molecular flexibility index (Phi) is 4.28. The van der Waals surface area contributed by atoms with Crippen LogP contribution in [0.1, 0.15) is 11.3 Å². The van der Waals surface area contributed by atoms with Crippen molar-refractivity contribution in [3.05, 3.63) is 41.6 Å². The van der Waals surface area contributed by atoms with E-state index in [0.29, 0.717) is 0 Å². The van der Waals surface area contributed by atoms with Crippen LogP contribution < -0.4 is 5.32 Å². The standard InChI is InChI=1S/C15H21N3/c1-12-10-13(11-18(3)9-8-16-2)14-6-4-5-7-15(14)17-12/h4-7,10,16H,8-9,11H2,1-3H3. The van der Waals surface area contributed by atoms with Crippen LogP contribution in [0.2, 0.25) is 0 Å². The fourth-order valence-corrected chi connectivity index (χ4v) is 2.20. The highest BCUT2D eigenvalue weighted by Crippen LogP contribution is 2.19. The molecule has 0 bridgehead atoms. The van der Waals surface area contributed by atoms with Crippen molar-refractivity contribution < 1.29 is 0 Å². The first kappa shape index (κ1) is 13.0. The number of fused-ring (bicyclic) bond motifs is 1. The van der Waals surface area contributed by atoms with Crippen LogP contribution in [0.5, 0.6) is 0 Å². The first-order valence-electron chi connectivity index (χ1n) is 6.39. The zero-order valence-corrected chi connectivity index (χ0v) is 11.4. The van der Waals surface area contributed by atoms with Gasteiger partial charge >= 0.3 is 0 Å². The Morgan fingerprint density at radius 3 is 2.83 bits per heavy atom. The van der Waals surface area contributed by atoms with Crippen molar-refractivity contribution >= 4 is 10.9 Å². The first-order chi connectivity index (χ1) is 8.70. The molecule has 18 heavy (non-hydrogen) atoms. The van der Waals surface area contributed by atoms with Gasteiger partial charge in [0.1, 0.15) is 0 Å². The zero-order chi connectivity index (χ0) is 13.0. The Bertz CT molecular complexity index is 522. The fourth-order valence-electron chi connectivity index (χ4n) is 2.20. The number of nitrogens with one attached hydrogen (secondary N) is 1. The van der Waals surface area contributed by atoms with E-state index in [2.05, 4.69) is 53.4 Å². The van der Waals surface area contributed by atoms with Gasteiger partial charge in [0, 0.05) is 30.7 Å². The molecule has 0 radical (unpaired) electrons. The summed E-state index contributed by atoms with van der Waals surface area (Å²) in [5.41, 5.74) is 3.54. The van der Waals surface area contributed by atoms with Crippen LogP contribution in [0.15, 0.2) is 30.3 Å². The Balaban J connectivity index is 2.26. The number of aryl methyl sites for hydroxylation is 1. The molecule has 1 N–H and O–H groups in total. The minimum absolute atomic E-state index is 0.964. The van der Waals surface area contributed by atoms with E-state index in [4.69, 9.17) is 0 Å². The SMILES string of the molecule is CNCCN(C)Cc1cc(C)nc2ccccc12. The Morgan fingerprint density at radius 1 is 1.28 bits per heavy atom. The molecule has 3 heteroatoms. The second-order valence-electron chi connectivity index (χ2n) is 4.78. The topological polar surface area (TPSA) is 28.2 Å². The van der Waals surface area contributed by atoms with Crippen LogP contribution in [0.4, 0.5) is 0 Å². The van der Waals surface area contributed by atoms with Gasteiger partial charge in [0.25, 0.3) is 0 Å². The molecule has 0 aliphatic heterocycles. The van der Waals surface area contributed by atoms with Gasteiger partial charge in [0.15, 0.2) is 0 Å². The minimum atomic E-state index is 0.964. The molecule has 0 saturated carbocycles. The van der Waals surface area contributed by atoms with E-state index in [0.717, 1.165) is 30.8 Å². The highest BCUT2D eigenvalue weighted by molar-refractivity contribution is 5.82. The van der Waals surface area contributed by atoms with Crippen molar-refractivity contribution in [3.63, 3.8) is 0 Å².